The molecule has 0 aliphatic rings. The largest absolute Gasteiger partial charge is 0.462 e. The van der Waals surface area contributed by atoms with E-state index in [1.807, 2.05) is 0 Å². The van der Waals surface area contributed by atoms with Crippen LogP contribution in [-0.2, 0) is 4.74 Å². The molecule has 0 radical (unpaired) electrons. The number of nitrogens with one attached hydrogen (secondary N) is 1. The molecular formula is C14H11Cl2FN2O3S. The average molecular weight is 377 g/mol. The van der Waals surface area contributed by atoms with Crippen molar-refractivity contribution < 1.29 is 18.7 Å². The van der Waals surface area contributed by atoms with Gasteiger partial charge in [0.05, 0.1) is 27.9 Å². The van der Waals surface area contributed by atoms with Crippen LogP contribution < -0.4 is 5.32 Å². The lowest BCUT2D eigenvalue weighted by atomic mass is 10.2. The molecule has 0 spiro atoms. The highest BCUT2D eigenvalue weighted by molar-refractivity contribution is 7.17. The van der Waals surface area contributed by atoms with E-state index in [0.29, 0.717) is 5.69 Å². The molecule has 0 saturated heterocycles. The molecule has 0 aliphatic carbocycles. The topological polar surface area (TPSA) is 68.3 Å². The van der Waals surface area contributed by atoms with Crippen molar-refractivity contribution in [3.63, 3.8) is 0 Å². The van der Waals surface area contributed by atoms with E-state index in [2.05, 4.69) is 10.3 Å². The summed E-state index contributed by atoms with van der Waals surface area (Å²) in [7, 11) is 0. The van der Waals surface area contributed by atoms with Crippen LogP contribution in [0.2, 0.25) is 10.0 Å². The number of carbonyl (C=O) groups is 2. The Kier molecular flexibility index (Phi) is 5.56. The highest BCUT2D eigenvalue weighted by Crippen LogP contribution is 2.27. The molecule has 5 nitrogen and oxygen atoms in total. The molecule has 0 bridgehead atoms. The number of aromatic nitrogens is 1. The Balaban J connectivity index is 2.23. The summed E-state index contributed by atoms with van der Waals surface area (Å²) in [6, 6.07) is 2.08. The van der Waals surface area contributed by atoms with E-state index in [1.165, 1.54) is 0 Å². The van der Waals surface area contributed by atoms with Crippen LogP contribution in [-0.4, -0.2) is 23.5 Å². The Morgan fingerprint density at radius 1 is 1.35 bits per heavy atom. The van der Waals surface area contributed by atoms with Gasteiger partial charge < -0.3 is 4.74 Å². The maximum absolute atomic E-state index is 13.5. The molecular weight excluding hydrogens is 366 g/mol. The predicted molar refractivity (Wildman–Crippen MR) is 87.2 cm³/mol. The number of carbonyl (C=O) groups excluding carboxylic acids is 2. The number of anilines is 1. The fourth-order valence-electron chi connectivity index (χ4n) is 1.70. The van der Waals surface area contributed by atoms with Gasteiger partial charge in [0.2, 0.25) is 0 Å². The molecule has 1 aromatic carbocycles. The van der Waals surface area contributed by atoms with E-state index < -0.39 is 17.7 Å². The minimum Gasteiger partial charge on any atom is -0.462 e. The van der Waals surface area contributed by atoms with E-state index in [4.69, 9.17) is 27.9 Å². The summed E-state index contributed by atoms with van der Waals surface area (Å²) < 4.78 is 18.4. The predicted octanol–water partition coefficient (Wildman–Crippen LogP) is 4.33. The lowest BCUT2D eigenvalue weighted by molar-refractivity contribution is 0.0531. The molecule has 0 atom stereocenters. The first-order chi connectivity index (χ1) is 10.8. The maximum Gasteiger partial charge on any atom is 0.350 e. The molecule has 9 heteroatoms. The Morgan fingerprint density at radius 2 is 2.04 bits per heavy atom. The fourth-order valence-corrected chi connectivity index (χ4v) is 3.02. The SMILES string of the molecule is CCOC(=O)c1sc(NC(=O)c2cc(F)c(Cl)cc2Cl)nc1C. The van der Waals surface area contributed by atoms with Crippen LogP contribution >= 0.6 is 34.5 Å². The number of ether oxygens (including phenoxy) is 1. The highest BCUT2D eigenvalue weighted by atomic mass is 35.5. The molecule has 1 aromatic heterocycles. The van der Waals surface area contributed by atoms with Crippen molar-refractivity contribution >= 4 is 51.5 Å². The number of esters is 1. The molecule has 0 aliphatic heterocycles. The van der Waals surface area contributed by atoms with Gasteiger partial charge in [-0.2, -0.15) is 0 Å². The van der Waals surface area contributed by atoms with Gasteiger partial charge in [0.25, 0.3) is 5.91 Å². The average Bonchev–Trinajstić information content (AvgIpc) is 2.83. The van der Waals surface area contributed by atoms with Gasteiger partial charge in [0, 0.05) is 0 Å². The van der Waals surface area contributed by atoms with Crippen LogP contribution in [0.1, 0.15) is 32.6 Å². The maximum atomic E-state index is 13.5. The molecule has 23 heavy (non-hydrogen) atoms. The minimum atomic E-state index is -0.760. The zero-order chi connectivity index (χ0) is 17.1. The van der Waals surface area contributed by atoms with Crippen LogP contribution in [0.5, 0.6) is 0 Å². The number of hydrogen-bond acceptors (Lipinski definition) is 5. The van der Waals surface area contributed by atoms with E-state index >= 15 is 0 Å². The third-order valence-electron chi connectivity index (χ3n) is 2.73. The summed E-state index contributed by atoms with van der Waals surface area (Å²) in [5.41, 5.74) is 0.344. The fraction of sp³-hybridized carbons (Fsp3) is 0.214. The van der Waals surface area contributed by atoms with Crippen LogP contribution in [0, 0.1) is 12.7 Å². The van der Waals surface area contributed by atoms with Crippen LogP contribution in [0.25, 0.3) is 0 Å². The molecule has 1 N–H and O–H groups in total. The molecule has 1 heterocycles. The summed E-state index contributed by atoms with van der Waals surface area (Å²) in [5, 5.41) is 2.48. The number of nitrogens with zero attached hydrogens (tertiary/aromatic N) is 1. The first-order valence-corrected chi connectivity index (χ1v) is 8.01. The second-order valence-corrected chi connectivity index (χ2v) is 6.17. The van der Waals surface area contributed by atoms with Crippen LogP contribution in [0.4, 0.5) is 9.52 Å². The molecule has 0 fully saturated rings. The molecule has 0 unspecified atom stereocenters. The van der Waals surface area contributed by atoms with Gasteiger partial charge in [-0.15, -0.1) is 0 Å². The number of halogens is 3. The van der Waals surface area contributed by atoms with Gasteiger partial charge in [-0.3, -0.25) is 10.1 Å². The standard InChI is InChI=1S/C14H11Cl2FN2O3S/c1-3-22-13(21)11-6(2)18-14(23-11)19-12(20)7-4-10(17)9(16)5-8(7)15/h4-5H,3H2,1-2H3,(H,18,19,20). The number of amides is 1. The highest BCUT2D eigenvalue weighted by Gasteiger charge is 2.19. The Hall–Kier alpha value is -1.70. The monoisotopic (exact) mass is 376 g/mol. The summed E-state index contributed by atoms with van der Waals surface area (Å²) in [6.45, 7) is 3.54. The minimum absolute atomic E-state index is 0.00722. The van der Waals surface area contributed by atoms with Gasteiger partial charge in [-0.1, -0.05) is 34.5 Å². The van der Waals surface area contributed by atoms with Gasteiger partial charge in [-0.05, 0) is 26.0 Å². The second kappa shape index (κ2) is 7.25. The third kappa shape index (κ3) is 3.99. The summed E-state index contributed by atoms with van der Waals surface area (Å²) in [6.07, 6.45) is 0. The van der Waals surface area contributed by atoms with Gasteiger partial charge in [0.1, 0.15) is 10.7 Å². The van der Waals surface area contributed by atoms with Crippen molar-refractivity contribution in [3.8, 4) is 0 Å². The van der Waals surface area contributed by atoms with Gasteiger partial charge in [-0.25, -0.2) is 14.2 Å². The first kappa shape index (κ1) is 17.7. The van der Waals surface area contributed by atoms with Crippen molar-refractivity contribution in [2.24, 2.45) is 0 Å². The summed E-state index contributed by atoms with van der Waals surface area (Å²) >= 11 is 12.4. The van der Waals surface area contributed by atoms with Crippen molar-refractivity contribution in [2.45, 2.75) is 13.8 Å². The Bertz CT molecular complexity index is 780. The van der Waals surface area contributed by atoms with Gasteiger partial charge >= 0.3 is 5.97 Å². The van der Waals surface area contributed by atoms with E-state index in [-0.39, 0.29) is 32.2 Å². The first-order valence-electron chi connectivity index (χ1n) is 6.44. The third-order valence-corrected chi connectivity index (χ3v) is 4.39. The Morgan fingerprint density at radius 3 is 2.70 bits per heavy atom. The normalized spacial score (nSPS) is 10.5. The number of benzene rings is 1. The van der Waals surface area contributed by atoms with Crippen molar-refractivity contribution in [1.29, 1.82) is 0 Å². The summed E-state index contributed by atoms with van der Waals surface area (Å²) in [4.78, 5) is 28.2. The van der Waals surface area contributed by atoms with Crippen molar-refractivity contribution in [1.82, 2.24) is 4.98 Å². The van der Waals surface area contributed by atoms with E-state index in [9.17, 15) is 14.0 Å². The second-order valence-electron chi connectivity index (χ2n) is 4.35. The molecule has 1 amide bonds. The lowest BCUT2D eigenvalue weighted by Gasteiger charge is -2.05. The number of aryl methyl sites for hydroxylation is 1. The number of hydrogen-bond donors (Lipinski definition) is 1. The smallest absolute Gasteiger partial charge is 0.350 e. The molecule has 0 saturated carbocycles. The molecule has 2 rings (SSSR count). The number of thiazole rings is 1. The van der Waals surface area contributed by atoms with E-state index in [1.54, 1.807) is 13.8 Å². The molecule has 2 aromatic rings. The zero-order valence-corrected chi connectivity index (χ0v) is 14.4. The van der Waals surface area contributed by atoms with Crippen LogP contribution in [0.15, 0.2) is 12.1 Å². The summed E-state index contributed by atoms with van der Waals surface area (Å²) in [5.74, 6) is -1.93. The van der Waals surface area contributed by atoms with Gasteiger partial charge in [0.15, 0.2) is 5.13 Å². The quantitative estimate of drug-likeness (QED) is 0.636. The van der Waals surface area contributed by atoms with Crippen molar-refractivity contribution in [2.75, 3.05) is 11.9 Å². The van der Waals surface area contributed by atoms with Crippen LogP contribution in [0.3, 0.4) is 0 Å². The number of rotatable bonds is 4. The zero-order valence-electron chi connectivity index (χ0n) is 12.1. The van der Waals surface area contributed by atoms with E-state index in [0.717, 1.165) is 23.5 Å². The van der Waals surface area contributed by atoms with Crippen molar-refractivity contribution in [3.05, 3.63) is 44.1 Å². The Labute approximate surface area is 145 Å². The lowest BCUT2D eigenvalue weighted by Crippen LogP contribution is -2.12. The molecule has 122 valence electrons.